The molecule has 3 rings (SSSR count). The number of thioether (sulfide) groups is 1. The zero-order valence-corrected chi connectivity index (χ0v) is 15.3. The molecule has 1 saturated heterocycles. The first-order valence-electron chi connectivity index (χ1n) is 8.76. The van der Waals surface area contributed by atoms with Gasteiger partial charge in [0.05, 0.1) is 12.4 Å². The third-order valence-electron chi connectivity index (χ3n) is 4.48. The van der Waals surface area contributed by atoms with Crippen molar-refractivity contribution in [3.8, 4) is 0 Å². The Labute approximate surface area is 155 Å². The molecule has 0 bridgehead atoms. The SMILES string of the molecule is Nc1ncnc2c1ncn2[C@@H]1O[C@H](CSCCCCCCO)[C@@H](O)[C@H]1O. The minimum absolute atomic E-state index is 0.244. The van der Waals surface area contributed by atoms with Crippen LogP contribution in [0.1, 0.15) is 31.9 Å². The van der Waals surface area contributed by atoms with Crippen LogP contribution in [-0.2, 0) is 4.74 Å². The number of fused-ring (bicyclic) bond motifs is 1. The molecule has 0 aromatic carbocycles. The van der Waals surface area contributed by atoms with Gasteiger partial charge in [-0.25, -0.2) is 15.0 Å². The largest absolute Gasteiger partial charge is 0.396 e. The summed E-state index contributed by atoms with van der Waals surface area (Å²) in [4.78, 5) is 12.2. The summed E-state index contributed by atoms with van der Waals surface area (Å²) >= 11 is 1.69. The number of hydrogen-bond acceptors (Lipinski definition) is 9. The van der Waals surface area contributed by atoms with E-state index in [9.17, 15) is 10.2 Å². The fraction of sp³-hybridized carbons (Fsp3) is 0.688. The minimum Gasteiger partial charge on any atom is -0.396 e. The fourth-order valence-corrected chi connectivity index (χ4v) is 4.10. The van der Waals surface area contributed by atoms with E-state index in [1.807, 2.05) is 0 Å². The van der Waals surface area contributed by atoms with E-state index in [4.69, 9.17) is 15.6 Å². The Morgan fingerprint density at radius 2 is 1.92 bits per heavy atom. The van der Waals surface area contributed by atoms with Gasteiger partial charge in [0.15, 0.2) is 17.7 Å². The van der Waals surface area contributed by atoms with E-state index in [1.165, 1.54) is 12.7 Å². The monoisotopic (exact) mass is 383 g/mol. The van der Waals surface area contributed by atoms with E-state index in [1.54, 1.807) is 16.3 Å². The third kappa shape index (κ3) is 4.09. The number of hydrogen-bond donors (Lipinski definition) is 4. The van der Waals surface area contributed by atoms with Gasteiger partial charge in [0.2, 0.25) is 0 Å². The molecule has 0 unspecified atom stereocenters. The van der Waals surface area contributed by atoms with Gasteiger partial charge >= 0.3 is 0 Å². The van der Waals surface area contributed by atoms with Gasteiger partial charge in [-0.1, -0.05) is 12.8 Å². The van der Waals surface area contributed by atoms with Crippen molar-refractivity contribution in [2.75, 3.05) is 23.8 Å². The van der Waals surface area contributed by atoms with Crippen molar-refractivity contribution in [3.63, 3.8) is 0 Å². The van der Waals surface area contributed by atoms with Crippen LogP contribution < -0.4 is 5.73 Å². The Bertz CT molecular complexity index is 715. The summed E-state index contributed by atoms with van der Waals surface area (Å²) in [6.45, 7) is 0.244. The average Bonchev–Trinajstić information content (AvgIpc) is 3.18. The molecular formula is C16H25N5O4S. The Morgan fingerprint density at radius 1 is 1.12 bits per heavy atom. The smallest absolute Gasteiger partial charge is 0.167 e. The average molecular weight is 383 g/mol. The van der Waals surface area contributed by atoms with Crippen molar-refractivity contribution in [3.05, 3.63) is 12.7 Å². The van der Waals surface area contributed by atoms with Gasteiger partial charge in [-0.05, 0) is 18.6 Å². The number of aliphatic hydroxyl groups excluding tert-OH is 3. The van der Waals surface area contributed by atoms with Crippen LogP contribution in [0.4, 0.5) is 5.82 Å². The summed E-state index contributed by atoms with van der Waals surface area (Å²) < 4.78 is 7.48. The van der Waals surface area contributed by atoms with E-state index in [0.717, 1.165) is 31.4 Å². The summed E-state index contributed by atoms with van der Waals surface area (Å²) in [6.07, 6.45) is 3.56. The van der Waals surface area contributed by atoms with Crippen LogP contribution in [0.25, 0.3) is 11.2 Å². The highest BCUT2D eigenvalue weighted by atomic mass is 32.2. The summed E-state index contributed by atoms with van der Waals surface area (Å²) in [5.41, 5.74) is 6.69. The Morgan fingerprint density at radius 3 is 2.73 bits per heavy atom. The molecule has 0 spiro atoms. The molecule has 0 aliphatic carbocycles. The highest BCUT2D eigenvalue weighted by Gasteiger charge is 2.44. The molecule has 144 valence electrons. The minimum atomic E-state index is -1.07. The van der Waals surface area contributed by atoms with Gasteiger partial charge in [0, 0.05) is 12.4 Å². The van der Waals surface area contributed by atoms with Gasteiger partial charge in [-0.15, -0.1) is 0 Å². The molecule has 2 aromatic rings. The highest BCUT2D eigenvalue weighted by Crippen LogP contribution is 2.33. The second-order valence-corrected chi connectivity index (χ2v) is 7.49. The maximum Gasteiger partial charge on any atom is 0.167 e. The van der Waals surface area contributed by atoms with Gasteiger partial charge in [-0.3, -0.25) is 4.57 Å². The standard InChI is InChI=1S/C16H25N5O4S/c17-14-11-15(19-8-18-14)21(9-20-11)16-13(24)12(23)10(25-16)7-26-6-4-2-1-3-5-22/h8-10,12-13,16,22-24H,1-7H2,(H2,17,18,19)/t10-,12-,13-,16-/m1/s1. The van der Waals surface area contributed by atoms with E-state index >= 15 is 0 Å². The lowest BCUT2D eigenvalue weighted by molar-refractivity contribution is -0.0289. The normalized spacial score (nSPS) is 26.0. The van der Waals surface area contributed by atoms with Crippen LogP contribution in [0.3, 0.4) is 0 Å². The third-order valence-corrected chi connectivity index (χ3v) is 5.62. The quantitative estimate of drug-likeness (QED) is 0.450. The second kappa shape index (κ2) is 8.96. The fourth-order valence-electron chi connectivity index (χ4n) is 3.02. The molecule has 0 saturated carbocycles. The molecule has 1 fully saturated rings. The molecule has 0 amide bonds. The molecule has 5 N–H and O–H groups in total. The number of aliphatic hydroxyl groups is 3. The highest BCUT2D eigenvalue weighted by molar-refractivity contribution is 7.99. The maximum atomic E-state index is 10.4. The van der Waals surface area contributed by atoms with Crippen molar-refractivity contribution in [1.29, 1.82) is 0 Å². The molecule has 0 radical (unpaired) electrons. The molecular weight excluding hydrogens is 358 g/mol. The number of nitrogen functional groups attached to an aromatic ring is 1. The van der Waals surface area contributed by atoms with Crippen LogP contribution >= 0.6 is 11.8 Å². The molecule has 4 atom stereocenters. The van der Waals surface area contributed by atoms with Crippen molar-refractivity contribution in [2.45, 2.75) is 50.2 Å². The van der Waals surface area contributed by atoms with E-state index in [0.29, 0.717) is 16.9 Å². The van der Waals surface area contributed by atoms with Crippen LogP contribution in [0.5, 0.6) is 0 Å². The summed E-state index contributed by atoms with van der Waals surface area (Å²) in [5, 5.41) is 29.5. The number of imidazole rings is 1. The van der Waals surface area contributed by atoms with Crippen LogP contribution in [-0.4, -0.2) is 71.3 Å². The zero-order valence-electron chi connectivity index (χ0n) is 14.4. The van der Waals surface area contributed by atoms with Crippen LogP contribution in [0.2, 0.25) is 0 Å². The topological polar surface area (TPSA) is 140 Å². The molecule has 26 heavy (non-hydrogen) atoms. The van der Waals surface area contributed by atoms with Crippen LogP contribution in [0.15, 0.2) is 12.7 Å². The predicted molar refractivity (Wildman–Crippen MR) is 98.5 cm³/mol. The van der Waals surface area contributed by atoms with Gasteiger partial charge < -0.3 is 25.8 Å². The number of rotatable bonds is 9. The lowest BCUT2D eigenvalue weighted by Crippen LogP contribution is -2.32. The summed E-state index contributed by atoms with van der Waals surface area (Å²) in [5.74, 6) is 1.81. The number of aromatic nitrogens is 4. The van der Waals surface area contributed by atoms with E-state index in [2.05, 4.69) is 15.0 Å². The summed E-state index contributed by atoms with van der Waals surface area (Å²) in [7, 11) is 0. The summed E-state index contributed by atoms with van der Waals surface area (Å²) in [6, 6.07) is 0. The number of anilines is 1. The van der Waals surface area contributed by atoms with E-state index in [-0.39, 0.29) is 12.4 Å². The lowest BCUT2D eigenvalue weighted by Gasteiger charge is -2.16. The Hall–Kier alpha value is -1.46. The molecule has 3 heterocycles. The predicted octanol–water partition coefficient (Wildman–Crippen LogP) is 0.314. The van der Waals surface area contributed by atoms with Gasteiger partial charge in [0.1, 0.15) is 24.1 Å². The van der Waals surface area contributed by atoms with Crippen molar-refractivity contribution in [1.82, 2.24) is 19.5 Å². The van der Waals surface area contributed by atoms with Crippen LogP contribution in [0, 0.1) is 0 Å². The lowest BCUT2D eigenvalue weighted by atomic mass is 10.1. The van der Waals surface area contributed by atoms with Crippen molar-refractivity contribution in [2.24, 2.45) is 0 Å². The van der Waals surface area contributed by atoms with Crippen molar-refractivity contribution < 1.29 is 20.1 Å². The maximum absolute atomic E-state index is 10.4. The number of nitrogens with two attached hydrogens (primary N) is 1. The number of nitrogens with zero attached hydrogens (tertiary/aromatic N) is 4. The first-order valence-corrected chi connectivity index (χ1v) is 9.92. The van der Waals surface area contributed by atoms with Crippen molar-refractivity contribution >= 4 is 28.7 Å². The van der Waals surface area contributed by atoms with E-state index < -0.39 is 24.5 Å². The molecule has 10 heteroatoms. The number of unbranched alkanes of at least 4 members (excludes halogenated alkanes) is 3. The molecule has 9 nitrogen and oxygen atoms in total. The van der Waals surface area contributed by atoms with Gasteiger partial charge in [0.25, 0.3) is 0 Å². The van der Waals surface area contributed by atoms with Gasteiger partial charge in [-0.2, -0.15) is 11.8 Å². The zero-order chi connectivity index (χ0) is 18.5. The first kappa shape index (κ1) is 19.3. The first-order chi connectivity index (χ1) is 12.6. The number of ether oxygens (including phenoxy) is 1. The molecule has 1 aliphatic heterocycles. The molecule has 2 aromatic heterocycles. The Kier molecular flexibility index (Phi) is 6.65. The Balaban J connectivity index is 1.56. The second-order valence-electron chi connectivity index (χ2n) is 6.34. The molecule has 1 aliphatic rings.